The molecule has 2 rings (SSSR count). The highest BCUT2D eigenvalue weighted by Crippen LogP contribution is 2.28. The molecule has 1 atom stereocenters. The molecule has 1 aromatic heterocycles. The van der Waals surface area contributed by atoms with E-state index in [1.807, 2.05) is 0 Å². The lowest BCUT2D eigenvalue weighted by Crippen LogP contribution is -2.49. The molecule has 0 saturated heterocycles. The predicted molar refractivity (Wildman–Crippen MR) is 102 cm³/mol. The molecule has 0 bridgehead atoms. The second-order valence-corrected chi connectivity index (χ2v) is 7.27. The number of aliphatic carboxylic acids is 1. The molecule has 0 saturated carbocycles. The molecule has 0 aliphatic carbocycles. The lowest BCUT2D eigenvalue weighted by molar-refractivity contribution is -0.139. The Balaban J connectivity index is 2.16. The minimum Gasteiger partial charge on any atom is -0.497 e. The maximum absolute atomic E-state index is 12.5. The summed E-state index contributed by atoms with van der Waals surface area (Å²) in [6.45, 7) is 1.45. The molecule has 0 aliphatic rings. The van der Waals surface area contributed by atoms with Crippen LogP contribution < -0.4 is 10.1 Å². The molecule has 0 fully saturated rings. The number of likely N-dealkylation sites (N-methyl/N-ethyl adjacent to an activating group) is 1. The van der Waals surface area contributed by atoms with E-state index < -0.39 is 17.4 Å². The summed E-state index contributed by atoms with van der Waals surface area (Å²) in [5.41, 5.74) is -0.547. The van der Waals surface area contributed by atoms with Crippen molar-refractivity contribution in [3.05, 3.63) is 52.2 Å². The number of thiophene rings is 1. The Kier molecular flexibility index (Phi) is 6.57. The van der Waals surface area contributed by atoms with Crippen LogP contribution >= 0.6 is 11.3 Å². The highest BCUT2D eigenvalue weighted by molar-refractivity contribution is 7.12. The molecule has 8 heteroatoms. The average Bonchev–Trinajstić information content (AvgIpc) is 3.14. The summed E-state index contributed by atoms with van der Waals surface area (Å²) in [4.78, 5) is 38.0. The number of carbonyl (C=O) groups is 3. The van der Waals surface area contributed by atoms with Crippen molar-refractivity contribution in [1.82, 2.24) is 10.2 Å². The first-order valence-electron chi connectivity index (χ1n) is 8.21. The summed E-state index contributed by atoms with van der Waals surface area (Å²) in [5.74, 6) is -1.21. The Hall–Kier alpha value is -2.87. The van der Waals surface area contributed by atoms with Gasteiger partial charge in [0.2, 0.25) is 5.91 Å². The molecule has 1 aromatic carbocycles. The smallest absolute Gasteiger partial charge is 0.306 e. The molecular formula is C19H22N2O5S. The van der Waals surface area contributed by atoms with Crippen LogP contribution in [-0.4, -0.2) is 48.5 Å². The SMILES string of the molecule is COc1cccc(C(C)(CC(=O)O)NC(=O)CN(C)C(=O)c2cccs2)c1. The van der Waals surface area contributed by atoms with E-state index in [-0.39, 0.29) is 18.9 Å². The van der Waals surface area contributed by atoms with E-state index in [1.165, 1.54) is 30.4 Å². The predicted octanol–water partition coefficient (Wildman–Crippen LogP) is 2.33. The molecule has 2 N–H and O–H groups in total. The molecule has 27 heavy (non-hydrogen) atoms. The summed E-state index contributed by atoms with van der Waals surface area (Å²) >= 11 is 1.29. The van der Waals surface area contributed by atoms with Gasteiger partial charge in [0.15, 0.2) is 0 Å². The lowest BCUT2D eigenvalue weighted by Gasteiger charge is -2.31. The number of benzene rings is 1. The minimum atomic E-state index is -1.15. The molecule has 0 aliphatic heterocycles. The van der Waals surface area contributed by atoms with Crippen molar-refractivity contribution in [3.63, 3.8) is 0 Å². The number of ether oxygens (including phenoxy) is 1. The topological polar surface area (TPSA) is 95.9 Å². The number of methoxy groups -OCH3 is 1. The number of hydrogen-bond donors (Lipinski definition) is 2. The second-order valence-electron chi connectivity index (χ2n) is 6.32. The van der Waals surface area contributed by atoms with E-state index in [4.69, 9.17) is 4.74 Å². The molecule has 2 amide bonds. The van der Waals surface area contributed by atoms with Crippen molar-refractivity contribution in [2.75, 3.05) is 20.7 Å². The highest BCUT2D eigenvalue weighted by atomic mass is 32.1. The molecule has 1 heterocycles. The molecule has 2 aromatic rings. The molecule has 0 spiro atoms. The van der Waals surface area contributed by atoms with Crippen LogP contribution in [0.25, 0.3) is 0 Å². The van der Waals surface area contributed by atoms with Gasteiger partial charge in [0.1, 0.15) is 5.75 Å². The van der Waals surface area contributed by atoms with Crippen LogP contribution in [-0.2, 0) is 15.1 Å². The van der Waals surface area contributed by atoms with Gasteiger partial charge in [0.05, 0.1) is 30.5 Å². The molecular weight excluding hydrogens is 368 g/mol. The number of carboxylic acid groups (broad SMARTS) is 1. The van der Waals surface area contributed by atoms with Gasteiger partial charge in [-0.3, -0.25) is 14.4 Å². The number of nitrogens with zero attached hydrogens (tertiary/aromatic N) is 1. The Morgan fingerprint density at radius 3 is 2.59 bits per heavy atom. The van der Waals surface area contributed by atoms with E-state index in [1.54, 1.807) is 48.7 Å². The summed E-state index contributed by atoms with van der Waals surface area (Å²) in [6.07, 6.45) is -0.311. The largest absolute Gasteiger partial charge is 0.497 e. The van der Waals surface area contributed by atoms with Crippen LogP contribution in [0.5, 0.6) is 5.75 Å². The van der Waals surface area contributed by atoms with Crippen molar-refractivity contribution < 1.29 is 24.2 Å². The summed E-state index contributed by atoms with van der Waals surface area (Å²) in [7, 11) is 3.04. The molecule has 7 nitrogen and oxygen atoms in total. The van der Waals surface area contributed by atoms with Crippen LogP contribution in [0.15, 0.2) is 41.8 Å². The monoisotopic (exact) mass is 390 g/mol. The average molecular weight is 390 g/mol. The van der Waals surface area contributed by atoms with Gasteiger partial charge in [0.25, 0.3) is 5.91 Å². The zero-order chi connectivity index (χ0) is 20.0. The Labute approximate surface area is 161 Å². The van der Waals surface area contributed by atoms with E-state index in [0.29, 0.717) is 16.2 Å². The Morgan fingerprint density at radius 2 is 2.00 bits per heavy atom. The van der Waals surface area contributed by atoms with E-state index >= 15 is 0 Å². The van der Waals surface area contributed by atoms with Gasteiger partial charge in [-0.25, -0.2) is 0 Å². The maximum atomic E-state index is 12.5. The van der Waals surface area contributed by atoms with Crippen LogP contribution in [0.4, 0.5) is 0 Å². The van der Waals surface area contributed by atoms with Gasteiger partial charge in [-0.1, -0.05) is 18.2 Å². The number of carboxylic acids is 1. The van der Waals surface area contributed by atoms with Crippen molar-refractivity contribution >= 4 is 29.1 Å². The third kappa shape index (κ3) is 5.30. The normalized spacial score (nSPS) is 12.7. The van der Waals surface area contributed by atoms with Crippen LogP contribution in [0.3, 0.4) is 0 Å². The number of hydrogen-bond acceptors (Lipinski definition) is 5. The first-order valence-corrected chi connectivity index (χ1v) is 9.09. The summed E-state index contributed by atoms with van der Waals surface area (Å²) in [5, 5.41) is 13.8. The summed E-state index contributed by atoms with van der Waals surface area (Å²) in [6, 6.07) is 10.3. The third-order valence-corrected chi connectivity index (χ3v) is 4.94. The standard InChI is InChI=1S/C19H22N2O5S/c1-19(11-17(23)24,13-6-4-7-14(10-13)26-3)20-16(22)12-21(2)18(25)15-8-5-9-27-15/h4-10H,11-12H2,1-3H3,(H,20,22)(H,23,24). The van der Waals surface area contributed by atoms with Gasteiger partial charge >= 0.3 is 5.97 Å². The Morgan fingerprint density at radius 1 is 1.26 bits per heavy atom. The van der Waals surface area contributed by atoms with Gasteiger partial charge in [0, 0.05) is 7.05 Å². The second kappa shape index (κ2) is 8.68. The van der Waals surface area contributed by atoms with Crippen molar-refractivity contribution in [3.8, 4) is 5.75 Å². The number of amides is 2. The fourth-order valence-electron chi connectivity index (χ4n) is 2.71. The van der Waals surface area contributed by atoms with E-state index in [9.17, 15) is 19.5 Å². The van der Waals surface area contributed by atoms with Crippen LogP contribution in [0.1, 0.15) is 28.6 Å². The van der Waals surface area contributed by atoms with Crippen LogP contribution in [0.2, 0.25) is 0 Å². The minimum absolute atomic E-state index is 0.185. The fraction of sp³-hybridized carbons (Fsp3) is 0.316. The van der Waals surface area contributed by atoms with Crippen LogP contribution in [0, 0.1) is 0 Å². The molecule has 1 unspecified atom stereocenters. The quantitative estimate of drug-likeness (QED) is 0.721. The summed E-state index contributed by atoms with van der Waals surface area (Å²) < 4.78 is 5.19. The zero-order valence-electron chi connectivity index (χ0n) is 15.4. The van der Waals surface area contributed by atoms with Crippen molar-refractivity contribution in [2.24, 2.45) is 0 Å². The number of carbonyl (C=O) groups excluding carboxylic acids is 2. The number of nitrogens with one attached hydrogen (secondary N) is 1. The van der Waals surface area contributed by atoms with Crippen molar-refractivity contribution in [1.29, 1.82) is 0 Å². The van der Waals surface area contributed by atoms with E-state index in [2.05, 4.69) is 5.32 Å². The zero-order valence-corrected chi connectivity index (χ0v) is 16.2. The molecule has 0 radical (unpaired) electrons. The van der Waals surface area contributed by atoms with Gasteiger partial charge < -0.3 is 20.1 Å². The maximum Gasteiger partial charge on any atom is 0.306 e. The van der Waals surface area contributed by atoms with Crippen molar-refractivity contribution in [2.45, 2.75) is 18.9 Å². The first kappa shape index (κ1) is 20.4. The fourth-order valence-corrected chi connectivity index (χ4v) is 3.43. The third-order valence-electron chi connectivity index (χ3n) is 4.09. The van der Waals surface area contributed by atoms with Gasteiger partial charge in [-0.05, 0) is 36.1 Å². The highest BCUT2D eigenvalue weighted by Gasteiger charge is 2.32. The van der Waals surface area contributed by atoms with E-state index in [0.717, 1.165) is 0 Å². The molecule has 144 valence electrons. The number of rotatable bonds is 8. The lowest BCUT2D eigenvalue weighted by atomic mass is 9.88. The van der Waals surface area contributed by atoms with Gasteiger partial charge in [-0.2, -0.15) is 0 Å². The Bertz CT molecular complexity index is 821. The first-order chi connectivity index (χ1) is 12.7. The van der Waals surface area contributed by atoms with Gasteiger partial charge in [-0.15, -0.1) is 11.3 Å².